The van der Waals surface area contributed by atoms with Crippen molar-refractivity contribution in [1.29, 1.82) is 0 Å². The van der Waals surface area contributed by atoms with E-state index in [-0.39, 0.29) is 0 Å². The predicted octanol–water partition coefficient (Wildman–Crippen LogP) is 4.94. The number of benzene rings is 2. The molecule has 0 unspecified atom stereocenters. The fourth-order valence-electron chi connectivity index (χ4n) is 3.76. The number of fused-ring (bicyclic) bond motifs is 6. The number of aromatic nitrogens is 2. The van der Waals surface area contributed by atoms with Crippen LogP contribution in [0.25, 0.3) is 50.2 Å². The van der Waals surface area contributed by atoms with Gasteiger partial charge in [0, 0.05) is 17.0 Å². The Morgan fingerprint density at radius 1 is 0.750 bits per heavy atom. The van der Waals surface area contributed by atoms with Gasteiger partial charge in [-0.25, -0.2) is 4.98 Å². The summed E-state index contributed by atoms with van der Waals surface area (Å²) in [5.41, 5.74) is 5.54. The molecule has 4 heterocycles. The van der Waals surface area contributed by atoms with Crippen molar-refractivity contribution in [3.8, 4) is 0 Å². The fraction of sp³-hybridized carbons (Fsp3) is 0. The third-order valence-electron chi connectivity index (χ3n) is 5.15. The van der Waals surface area contributed by atoms with Crippen LogP contribution in [0.3, 0.4) is 0 Å². The van der Waals surface area contributed by atoms with E-state index < -0.39 is 0 Å². The van der Waals surface area contributed by atoms with Gasteiger partial charge in [-0.05, 0) is 34.2 Å². The molecule has 0 fully saturated rings. The maximum atomic E-state index is 4.92. The first-order valence-electron chi connectivity index (χ1n) is 9.15. The second-order valence-electron chi connectivity index (χ2n) is 6.85. The Labute approximate surface area is 161 Å². The van der Waals surface area contributed by atoms with Gasteiger partial charge in [0.05, 0.1) is 16.7 Å². The molecule has 2 aromatic carbocycles. The van der Waals surface area contributed by atoms with E-state index in [1.54, 1.807) is 6.20 Å². The number of allylic oxidation sites excluding steroid dienone is 2. The highest BCUT2D eigenvalue weighted by atomic mass is 14.9. The van der Waals surface area contributed by atoms with Gasteiger partial charge in [-0.1, -0.05) is 48.6 Å². The first-order valence-corrected chi connectivity index (χ1v) is 9.15. The number of pyridine rings is 2. The Kier molecular flexibility index (Phi) is 3.14. The van der Waals surface area contributed by atoms with E-state index in [4.69, 9.17) is 10.3 Å². The van der Waals surface area contributed by atoms with Crippen LogP contribution in [0.2, 0.25) is 0 Å². The molecule has 0 spiro atoms. The van der Waals surface area contributed by atoms with Gasteiger partial charge < -0.3 is 10.6 Å². The Balaban J connectivity index is 1.52. The molecule has 6 rings (SSSR count). The number of rotatable bonds is 1. The van der Waals surface area contributed by atoms with Crippen molar-refractivity contribution in [2.45, 2.75) is 0 Å². The van der Waals surface area contributed by atoms with Gasteiger partial charge in [-0.15, -0.1) is 11.4 Å². The van der Waals surface area contributed by atoms with E-state index >= 15 is 0 Å². The lowest BCUT2D eigenvalue weighted by molar-refractivity contribution is 1.34. The van der Waals surface area contributed by atoms with E-state index in [2.05, 4.69) is 58.9 Å². The minimum atomic E-state index is 0.890. The summed E-state index contributed by atoms with van der Waals surface area (Å²) >= 11 is 0. The van der Waals surface area contributed by atoms with Crippen LogP contribution >= 0.6 is 0 Å². The molecule has 132 valence electrons. The Hall–Kier alpha value is -3.92. The molecule has 0 radical (unpaired) electrons. The second-order valence-corrected chi connectivity index (χ2v) is 6.85. The number of hydrogen-bond acceptors (Lipinski definition) is 2. The Bertz CT molecular complexity index is 1460. The largest absolute Gasteiger partial charge is 0.665 e. The molecule has 0 atom stereocenters. The van der Waals surface area contributed by atoms with Crippen molar-refractivity contribution in [3.63, 3.8) is 0 Å². The summed E-state index contributed by atoms with van der Waals surface area (Å²) in [4.78, 5) is 9.47. The van der Waals surface area contributed by atoms with Gasteiger partial charge in [0.25, 0.3) is 0 Å². The van der Waals surface area contributed by atoms with Crippen LogP contribution in [0.4, 0.5) is 11.4 Å². The van der Waals surface area contributed by atoms with Gasteiger partial charge >= 0.3 is 0 Å². The molecule has 4 heteroatoms. The van der Waals surface area contributed by atoms with Crippen LogP contribution in [-0.4, -0.2) is 9.97 Å². The third kappa shape index (κ3) is 2.25. The highest BCUT2D eigenvalue weighted by molar-refractivity contribution is 6.04. The molecular weight excluding hydrogens is 344 g/mol. The average molecular weight is 358 g/mol. The van der Waals surface area contributed by atoms with Gasteiger partial charge in [0.2, 0.25) is 0 Å². The van der Waals surface area contributed by atoms with Gasteiger partial charge in [-0.3, -0.25) is 4.98 Å². The molecular formula is C24H14N4-2. The molecule has 2 aromatic heterocycles. The van der Waals surface area contributed by atoms with Crippen molar-refractivity contribution in [3.05, 3.63) is 100.0 Å². The summed E-state index contributed by atoms with van der Waals surface area (Å²) in [5.74, 6) is 0. The first kappa shape index (κ1) is 15.2. The van der Waals surface area contributed by atoms with E-state index in [9.17, 15) is 0 Å². The minimum absolute atomic E-state index is 0.890. The van der Waals surface area contributed by atoms with Crippen LogP contribution < -0.4 is 10.4 Å². The number of nitrogens with zero attached hydrogens (tertiary/aromatic N) is 4. The quantitative estimate of drug-likeness (QED) is 0.453. The summed E-state index contributed by atoms with van der Waals surface area (Å²) in [6.45, 7) is 0. The van der Waals surface area contributed by atoms with E-state index in [1.807, 2.05) is 30.6 Å². The molecule has 4 nitrogen and oxygen atoms in total. The van der Waals surface area contributed by atoms with Gasteiger partial charge in [-0.2, -0.15) is 12.4 Å². The van der Waals surface area contributed by atoms with Gasteiger partial charge in [0.15, 0.2) is 0 Å². The smallest absolute Gasteiger partial charge is 0.0972 e. The molecule has 2 aliphatic heterocycles. The molecule has 28 heavy (non-hydrogen) atoms. The third-order valence-corrected chi connectivity index (χ3v) is 5.15. The summed E-state index contributed by atoms with van der Waals surface area (Å²) < 4.78 is 0. The molecule has 0 saturated carbocycles. The monoisotopic (exact) mass is 358 g/mol. The zero-order valence-corrected chi connectivity index (χ0v) is 14.9. The minimum Gasteiger partial charge on any atom is -0.665 e. The molecule has 0 amide bonds. The maximum Gasteiger partial charge on any atom is 0.0972 e. The highest BCUT2D eigenvalue weighted by Gasteiger charge is 2.07. The van der Waals surface area contributed by atoms with E-state index in [1.165, 1.54) is 0 Å². The van der Waals surface area contributed by atoms with Crippen LogP contribution in [0.1, 0.15) is 5.69 Å². The molecule has 4 aromatic rings. The average Bonchev–Trinajstić information content (AvgIpc) is 2.78. The summed E-state index contributed by atoms with van der Waals surface area (Å²) in [7, 11) is 0. The van der Waals surface area contributed by atoms with Crippen molar-refractivity contribution in [2.75, 3.05) is 0 Å². The van der Waals surface area contributed by atoms with Crippen LogP contribution in [0, 0.1) is 0 Å². The van der Waals surface area contributed by atoms with Crippen molar-refractivity contribution < 1.29 is 0 Å². The Morgan fingerprint density at radius 2 is 1.57 bits per heavy atom. The predicted molar refractivity (Wildman–Crippen MR) is 115 cm³/mol. The zero-order chi connectivity index (χ0) is 18.5. The summed E-state index contributed by atoms with van der Waals surface area (Å²) in [6, 6.07) is 16.5. The van der Waals surface area contributed by atoms with Crippen molar-refractivity contribution >= 4 is 50.9 Å². The second kappa shape index (κ2) is 5.79. The molecule has 2 aliphatic rings. The molecule has 0 aliphatic carbocycles. The Morgan fingerprint density at radius 3 is 2.54 bits per heavy atom. The van der Waals surface area contributed by atoms with E-state index in [0.717, 1.165) is 54.9 Å². The lowest BCUT2D eigenvalue weighted by atomic mass is 10.0. The van der Waals surface area contributed by atoms with Gasteiger partial charge in [0.1, 0.15) is 0 Å². The fourth-order valence-corrected chi connectivity index (χ4v) is 3.76. The van der Waals surface area contributed by atoms with Crippen LogP contribution in [0.5, 0.6) is 0 Å². The molecule has 0 N–H and O–H groups in total. The maximum absolute atomic E-state index is 4.92. The lowest BCUT2D eigenvalue weighted by Crippen LogP contribution is -2.13. The van der Waals surface area contributed by atoms with Crippen molar-refractivity contribution in [1.82, 2.24) is 9.97 Å². The zero-order valence-electron chi connectivity index (χ0n) is 14.9. The number of hydrogen-bond donors (Lipinski definition) is 0. The summed E-state index contributed by atoms with van der Waals surface area (Å²) in [6.07, 6.45) is 11.6. The topological polar surface area (TPSA) is 54.0 Å². The molecule has 0 saturated heterocycles. The summed E-state index contributed by atoms with van der Waals surface area (Å²) in [5, 5.41) is 13.5. The molecule has 0 bridgehead atoms. The van der Waals surface area contributed by atoms with E-state index in [0.29, 0.717) is 0 Å². The van der Waals surface area contributed by atoms with Crippen molar-refractivity contribution in [2.24, 2.45) is 0 Å². The SMILES string of the molecule is C1=C[N-]c2c3c(ccc2=C1)=CC(c1ccc2ccc4cccnc4c2n1)=C[N-]3. The first-order chi connectivity index (χ1) is 13.9. The highest BCUT2D eigenvalue weighted by Crippen LogP contribution is 2.34. The van der Waals surface area contributed by atoms with Crippen LogP contribution in [-0.2, 0) is 0 Å². The van der Waals surface area contributed by atoms with Crippen LogP contribution in [0.15, 0.2) is 73.2 Å². The lowest BCUT2D eigenvalue weighted by Gasteiger charge is -2.34. The normalized spacial score (nSPS) is 14.2. The standard InChI is InChI=1S/C24H14N4/c1-3-15-7-8-18-13-19(14-27-23(18)21(15)25-11-1)20-10-9-17-6-5-16-4-2-12-26-22(16)24(17)28-20/h1-14H/q-2.